The molecule has 0 saturated carbocycles. The van der Waals surface area contributed by atoms with Crippen molar-refractivity contribution in [3.8, 4) is 28.7 Å². The molecule has 0 heterocycles. The average molecular weight is 405 g/mol. The normalized spacial score (nSPS) is 10.5. The van der Waals surface area contributed by atoms with Crippen LogP contribution in [0.4, 0.5) is 0 Å². The van der Waals surface area contributed by atoms with E-state index in [1.807, 2.05) is 6.07 Å². The lowest BCUT2D eigenvalue weighted by Gasteiger charge is -2.06. The van der Waals surface area contributed by atoms with E-state index in [9.17, 15) is 0 Å². The molecule has 1 nitrogen and oxygen atoms in total. The number of rotatable bonds is 6. The molecule has 0 aliphatic heterocycles. The molecule has 0 aliphatic rings. The molecule has 0 saturated heterocycles. The maximum Gasteiger partial charge on any atom is 0.119 e. The highest BCUT2D eigenvalue weighted by molar-refractivity contribution is 5.85. The Labute approximate surface area is 185 Å². The molecule has 0 fully saturated rings. The number of ether oxygens (including phenoxy) is 1. The van der Waals surface area contributed by atoms with Crippen molar-refractivity contribution < 1.29 is 4.74 Å². The SMILES string of the molecule is CCCCOc1ccc2cc(C#Cc3ccc(-c4ccc(CC)cc4)cc3)ccc2c1. The van der Waals surface area contributed by atoms with Gasteiger partial charge in [0.2, 0.25) is 0 Å². The number of unbranched alkanes of at least 4 members (excludes halogenated alkanes) is 1. The summed E-state index contributed by atoms with van der Waals surface area (Å²) in [5.41, 5.74) is 5.86. The summed E-state index contributed by atoms with van der Waals surface area (Å²) in [5.74, 6) is 7.53. The first kappa shape index (κ1) is 20.8. The molecule has 4 aromatic carbocycles. The Balaban J connectivity index is 1.47. The van der Waals surface area contributed by atoms with Crippen LogP contribution in [-0.2, 0) is 6.42 Å². The molecular weight excluding hydrogens is 376 g/mol. The summed E-state index contributed by atoms with van der Waals surface area (Å²) in [6.07, 6.45) is 3.29. The molecule has 154 valence electrons. The molecular formula is C30H28O. The molecule has 0 atom stereocenters. The second-order valence-corrected chi connectivity index (χ2v) is 7.80. The van der Waals surface area contributed by atoms with Gasteiger partial charge in [-0.1, -0.05) is 80.6 Å². The van der Waals surface area contributed by atoms with E-state index in [-0.39, 0.29) is 0 Å². The molecule has 31 heavy (non-hydrogen) atoms. The summed E-state index contributed by atoms with van der Waals surface area (Å²) in [6.45, 7) is 5.12. The number of hydrogen-bond acceptors (Lipinski definition) is 1. The lowest BCUT2D eigenvalue weighted by molar-refractivity contribution is 0.310. The summed E-state index contributed by atoms with van der Waals surface area (Å²) in [6, 6.07) is 29.8. The first-order valence-corrected chi connectivity index (χ1v) is 11.1. The highest BCUT2D eigenvalue weighted by Gasteiger charge is 2.00. The maximum absolute atomic E-state index is 5.82. The average Bonchev–Trinajstić information content (AvgIpc) is 2.83. The van der Waals surface area contributed by atoms with Gasteiger partial charge in [-0.05, 0) is 76.7 Å². The van der Waals surface area contributed by atoms with E-state index >= 15 is 0 Å². The van der Waals surface area contributed by atoms with E-state index in [4.69, 9.17) is 4.74 Å². The minimum atomic E-state index is 0.772. The summed E-state index contributed by atoms with van der Waals surface area (Å²) in [7, 11) is 0. The second kappa shape index (κ2) is 10.0. The predicted octanol–water partition coefficient (Wildman–Crippen LogP) is 7.65. The van der Waals surface area contributed by atoms with Crippen LogP contribution in [0.3, 0.4) is 0 Å². The molecule has 4 rings (SSSR count). The van der Waals surface area contributed by atoms with E-state index in [2.05, 4.69) is 105 Å². The molecule has 0 bridgehead atoms. The highest BCUT2D eigenvalue weighted by Crippen LogP contribution is 2.23. The van der Waals surface area contributed by atoms with Gasteiger partial charge in [0.15, 0.2) is 0 Å². The first-order chi connectivity index (χ1) is 15.2. The van der Waals surface area contributed by atoms with Crippen molar-refractivity contribution in [3.05, 3.63) is 102 Å². The van der Waals surface area contributed by atoms with E-state index < -0.39 is 0 Å². The van der Waals surface area contributed by atoms with Gasteiger partial charge in [-0.2, -0.15) is 0 Å². The largest absolute Gasteiger partial charge is 0.494 e. The molecule has 0 amide bonds. The van der Waals surface area contributed by atoms with E-state index in [0.29, 0.717) is 0 Å². The van der Waals surface area contributed by atoms with E-state index in [1.54, 1.807) is 0 Å². The van der Waals surface area contributed by atoms with Gasteiger partial charge in [-0.3, -0.25) is 0 Å². The van der Waals surface area contributed by atoms with Crippen LogP contribution in [0.1, 0.15) is 43.4 Å². The van der Waals surface area contributed by atoms with Crippen LogP contribution in [0, 0.1) is 11.8 Å². The molecule has 0 aromatic heterocycles. The fourth-order valence-corrected chi connectivity index (χ4v) is 3.55. The van der Waals surface area contributed by atoms with Crippen LogP contribution < -0.4 is 4.74 Å². The first-order valence-electron chi connectivity index (χ1n) is 11.1. The zero-order valence-electron chi connectivity index (χ0n) is 18.3. The molecule has 0 spiro atoms. The third-order valence-electron chi connectivity index (χ3n) is 5.51. The zero-order chi connectivity index (χ0) is 21.5. The van der Waals surface area contributed by atoms with Gasteiger partial charge in [-0.15, -0.1) is 0 Å². The fourth-order valence-electron chi connectivity index (χ4n) is 3.55. The molecule has 0 unspecified atom stereocenters. The zero-order valence-corrected chi connectivity index (χ0v) is 18.3. The third-order valence-corrected chi connectivity index (χ3v) is 5.51. The van der Waals surface area contributed by atoms with Crippen LogP contribution in [-0.4, -0.2) is 6.61 Å². The Morgan fingerprint density at radius 2 is 1.26 bits per heavy atom. The van der Waals surface area contributed by atoms with Crippen LogP contribution in [0.2, 0.25) is 0 Å². The second-order valence-electron chi connectivity index (χ2n) is 7.80. The fraction of sp³-hybridized carbons (Fsp3) is 0.200. The minimum Gasteiger partial charge on any atom is -0.494 e. The van der Waals surface area contributed by atoms with Crippen LogP contribution >= 0.6 is 0 Å². The number of aryl methyl sites for hydroxylation is 1. The van der Waals surface area contributed by atoms with Gasteiger partial charge in [0, 0.05) is 11.1 Å². The van der Waals surface area contributed by atoms with Crippen molar-refractivity contribution >= 4 is 10.8 Å². The minimum absolute atomic E-state index is 0.772. The van der Waals surface area contributed by atoms with Gasteiger partial charge in [-0.25, -0.2) is 0 Å². The predicted molar refractivity (Wildman–Crippen MR) is 132 cm³/mol. The number of hydrogen-bond donors (Lipinski definition) is 0. The van der Waals surface area contributed by atoms with Crippen molar-refractivity contribution in [2.45, 2.75) is 33.1 Å². The Morgan fingerprint density at radius 3 is 1.97 bits per heavy atom. The topological polar surface area (TPSA) is 9.23 Å². The van der Waals surface area contributed by atoms with Crippen LogP contribution in [0.5, 0.6) is 5.75 Å². The van der Waals surface area contributed by atoms with Gasteiger partial charge < -0.3 is 4.74 Å². The van der Waals surface area contributed by atoms with Gasteiger partial charge in [0.1, 0.15) is 5.75 Å². The molecule has 4 aromatic rings. The Hall–Kier alpha value is -3.50. The lowest BCUT2D eigenvalue weighted by Crippen LogP contribution is -1.96. The van der Waals surface area contributed by atoms with Gasteiger partial charge in [0.05, 0.1) is 6.61 Å². The van der Waals surface area contributed by atoms with Gasteiger partial charge >= 0.3 is 0 Å². The highest BCUT2D eigenvalue weighted by atomic mass is 16.5. The summed E-state index contributed by atoms with van der Waals surface area (Å²) in [5, 5.41) is 2.36. The Bertz CT molecular complexity index is 1210. The quantitative estimate of drug-likeness (QED) is 0.237. The third kappa shape index (κ3) is 5.36. The standard InChI is InChI=1S/C30H28O/c1-3-5-20-31-30-19-18-28-21-25(12-17-29(28)22-30)7-6-24-10-15-27(16-11-24)26-13-8-23(4-2)9-14-26/h8-19,21-22H,3-5,20H2,1-2H3. The van der Waals surface area contributed by atoms with E-state index in [1.165, 1.54) is 27.5 Å². The van der Waals surface area contributed by atoms with Crippen molar-refractivity contribution in [2.75, 3.05) is 6.61 Å². The van der Waals surface area contributed by atoms with Crippen molar-refractivity contribution in [3.63, 3.8) is 0 Å². The summed E-state index contributed by atoms with van der Waals surface area (Å²) >= 11 is 0. The summed E-state index contributed by atoms with van der Waals surface area (Å²) < 4.78 is 5.82. The molecule has 0 aliphatic carbocycles. The molecule has 0 radical (unpaired) electrons. The molecule has 0 N–H and O–H groups in total. The van der Waals surface area contributed by atoms with E-state index in [0.717, 1.165) is 42.7 Å². The lowest BCUT2D eigenvalue weighted by atomic mass is 10.0. The maximum atomic E-state index is 5.82. The molecule has 1 heteroatoms. The van der Waals surface area contributed by atoms with Crippen molar-refractivity contribution in [2.24, 2.45) is 0 Å². The smallest absolute Gasteiger partial charge is 0.119 e. The Morgan fingerprint density at radius 1 is 0.645 bits per heavy atom. The number of benzene rings is 4. The van der Waals surface area contributed by atoms with Crippen LogP contribution in [0.25, 0.3) is 21.9 Å². The van der Waals surface area contributed by atoms with Crippen LogP contribution in [0.15, 0.2) is 84.9 Å². The number of fused-ring (bicyclic) bond motifs is 1. The van der Waals surface area contributed by atoms with Crippen molar-refractivity contribution in [1.29, 1.82) is 0 Å². The van der Waals surface area contributed by atoms with Gasteiger partial charge in [0.25, 0.3) is 0 Å². The monoisotopic (exact) mass is 404 g/mol. The Kier molecular flexibility index (Phi) is 6.70. The summed E-state index contributed by atoms with van der Waals surface area (Å²) in [4.78, 5) is 0. The van der Waals surface area contributed by atoms with Crippen molar-refractivity contribution in [1.82, 2.24) is 0 Å².